The molecule has 2 N–H and O–H groups in total. The van der Waals surface area contributed by atoms with E-state index >= 15 is 0 Å². The molecule has 27 heavy (non-hydrogen) atoms. The molecule has 0 bridgehead atoms. The van der Waals surface area contributed by atoms with Gasteiger partial charge in [-0.1, -0.05) is 36.0 Å². The summed E-state index contributed by atoms with van der Waals surface area (Å²) in [6.45, 7) is 1.82. The first-order valence-electron chi connectivity index (χ1n) is 7.89. The van der Waals surface area contributed by atoms with E-state index in [1.165, 1.54) is 6.07 Å². The number of amides is 1. The monoisotopic (exact) mass is 398 g/mol. The largest absolute Gasteiger partial charge is 0.481 e. The smallest absolute Gasteiger partial charge is 0.417 e. The van der Waals surface area contributed by atoms with Crippen molar-refractivity contribution in [3.63, 3.8) is 0 Å². The predicted octanol–water partition coefficient (Wildman–Crippen LogP) is 3.83. The molecule has 2 aromatic rings. The van der Waals surface area contributed by atoms with Gasteiger partial charge in [-0.15, -0.1) is 0 Å². The fraction of sp³-hybridized carbons (Fsp3) is 0.278. The zero-order chi connectivity index (χ0) is 20.0. The van der Waals surface area contributed by atoms with Crippen molar-refractivity contribution in [2.45, 2.75) is 30.6 Å². The van der Waals surface area contributed by atoms with E-state index in [1.54, 1.807) is 12.1 Å². The standard InChI is InChI=1S/C18H17F3N2O3S/c1-11-4-2-3-5-13(11)14(8-17(25)26)23-15(24)10-27-16-7-6-12(9-22-16)18(19,20)21/h2-7,9,14H,8,10H2,1H3,(H,23,24)(H,25,26). The lowest BCUT2D eigenvalue weighted by atomic mass is 9.99. The van der Waals surface area contributed by atoms with Crippen LogP contribution in [-0.2, 0) is 15.8 Å². The highest BCUT2D eigenvalue weighted by atomic mass is 32.2. The van der Waals surface area contributed by atoms with Gasteiger partial charge in [-0.3, -0.25) is 9.59 Å². The molecule has 0 spiro atoms. The van der Waals surface area contributed by atoms with Gasteiger partial charge in [-0.2, -0.15) is 13.2 Å². The van der Waals surface area contributed by atoms with Crippen molar-refractivity contribution in [2.75, 3.05) is 5.75 Å². The lowest BCUT2D eigenvalue weighted by molar-refractivity contribution is -0.138. The van der Waals surface area contributed by atoms with Gasteiger partial charge in [0.2, 0.25) is 5.91 Å². The van der Waals surface area contributed by atoms with Gasteiger partial charge in [-0.25, -0.2) is 4.98 Å². The average molecular weight is 398 g/mol. The minimum atomic E-state index is -4.47. The molecule has 0 aliphatic heterocycles. The number of rotatable bonds is 7. The molecule has 0 aliphatic carbocycles. The number of thioether (sulfide) groups is 1. The van der Waals surface area contributed by atoms with Crippen molar-refractivity contribution in [1.29, 1.82) is 0 Å². The molecule has 1 heterocycles. The molecule has 0 saturated carbocycles. The Hall–Kier alpha value is -2.55. The van der Waals surface area contributed by atoms with Crippen molar-refractivity contribution in [2.24, 2.45) is 0 Å². The van der Waals surface area contributed by atoms with Crippen LogP contribution in [0.3, 0.4) is 0 Å². The molecule has 0 aliphatic rings. The third-order valence-electron chi connectivity index (χ3n) is 3.69. The first-order chi connectivity index (χ1) is 12.7. The van der Waals surface area contributed by atoms with Crippen molar-refractivity contribution in [3.8, 4) is 0 Å². The van der Waals surface area contributed by atoms with Crippen LogP contribution in [0.4, 0.5) is 13.2 Å². The first-order valence-corrected chi connectivity index (χ1v) is 8.88. The third-order valence-corrected chi connectivity index (χ3v) is 4.64. The zero-order valence-electron chi connectivity index (χ0n) is 14.3. The van der Waals surface area contributed by atoms with Gasteiger partial charge in [0, 0.05) is 6.20 Å². The van der Waals surface area contributed by atoms with Crippen molar-refractivity contribution >= 4 is 23.6 Å². The normalized spacial score (nSPS) is 12.4. The summed E-state index contributed by atoms with van der Waals surface area (Å²) in [4.78, 5) is 27.0. The van der Waals surface area contributed by atoms with E-state index in [1.807, 2.05) is 19.1 Å². The molecular formula is C18H17F3N2O3S. The molecule has 2 rings (SSSR count). The summed E-state index contributed by atoms with van der Waals surface area (Å²) < 4.78 is 37.5. The van der Waals surface area contributed by atoms with Crippen LogP contribution in [0, 0.1) is 6.92 Å². The number of nitrogens with one attached hydrogen (secondary N) is 1. The summed E-state index contributed by atoms with van der Waals surface area (Å²) in [6, 6.07) is 8.52. The second-order valence-electron chi connectivity index (χ2n) is 5.75. The van der Waals surface area contributed by atoms with Crippen LogP contribution in [0.15, 0.2) is 47.6 Å². The number of carbonyl (C=O) groups excluding carboxylic acids is 1. The second kappa shape index (κ2) is 8.90. The van der Waals surface area contributed by atoms with Crippen LogP contribution in [-0.4, -0.2) is 27.7 Å². The van der Waals surface area contributed by atoms with Crippen LogP contribution in [0.2, 0.25) is 0 Å². The number of benzene rings is 1. The Bertz CT molecular complexity index is 810. The number of aromatic nitrogens is 1. The summed E-state index contributed by atoms with van der Waals surface area (Å²) in [6.07, 6.45) is -4.04. The minimum Gasteiger partial charge on any atom is -0.481 e. The Labute approximate surface area is 158 Å². The highest BCUT2D eigenvalue weighted by Gasteiger charge is 2.30. The molecule has 1 atom stereocenters. The van der Waals surface area contributed by atoms with Crippen LogP contribution in [0.1, 0.15) is 29.2 Å². The molecule has 0 saturated heterocycles. The van der Waals surface area contributed by atoms with Crippen LogP contribution in [0.25, 0.3) is 0 Å². The highest BCUT2D eigenvalue weighted by molar-refractivity contribution is 7.99. The van der Waals surface area contributed by atoms with E-state index in [-0.39, 0.29) is 17.2 Å². The molecule has 0 fully saturated rings. The minimum absolute atomic E-state index is 0.0969. The number of hydrogen-bond donors (Lipinski definition) is 2. The van der Waals surface area contributed by atoms with Crippen molar-refractivity contribution in [3.05, 3.63) is 59.3 Å². The second-order valence-corrected chi connectivity index (χ2v) is 6.74. The zero-order valence-corrected chi connectivity index (χ0v) is 15.1. The highest BCUT2D eigenvalue weighted by Crippen LogP contribution is 2.29. The summed E-state index contributed by atoms with van der Waals surface area (Å²) >= 11 is 0.970. The van der Waals surface area contributed by atoms with Crippen LogP contribution < -0.4 is 5.32 Å². The number of pyridine rings is 1. The maximum Gasteiger partial charge on any atom is 0.417 e. The number of nitrogens with zero attached hydrogens (tertiary/aromatic N) is 1. The fourth-order valence-corrected chi connectivity index (χ4v) is 3.05. The molecule has 1 amide bonds. The lowest BCUT2D eigenvalue weighted by Gasteiger charge is -2.19. The maximum absolute atomic E-state index is 12.5. The summed E-state index contributed by atoms with van der Waals surface area (Å²) in [5.74, 6) is -1.59. The Morgan fingerprint density at radius 1 is 1.22 bits per heavy atom. The van der Waals surface area contributed by atoms with Crippen molar-refractivity contribution < 1.29 is 27.9 Å². The van der Waals surface area contributed by atoms with E-state index in [2.05, 4.69) is 10.3 Å². The Kier molecular flexibility index (Phi) is 6.84. The fourth-order valence-electron chi connectivity index (χ4n) is 2.40. The maximum atomic E-state index is 12.5. The van der Waals surface area contributed by atoms with Gasteiger partial charge in [0.25, 0.3) is 0 Å². The Morgan fingerprint density at radius 3 is 2.48 bits per heavy atom. The van der Waals surface area contributed by atoms with Gasteiger partial charge < -0.3 is 10.4 Å². The summed E-state index contributed by atoms with van der Waals surface area (Å²) in [5.41, 5.74) is 0.685. The quantitative estimate of drug-likeness (QED) is 0.693. The van der Waals surface area contributed by atoms with E-state index in [0.29, 0.717) is 11.8 Å². The number of carboxylic acid groups (broad SMARTS) is 1. The van der Waals surface area contributed by atoms with Gasteiger partial charge in [0.15, 0.2) is 0 Å². The number of alkyl halides is 3. The number of carbonyl (C=O) groups is 2. The van der Waals surface area contributed by atoms with E-state index in [9.17, 15) is 22.8 Å². The number of halogens is 3. The molecule has 1 aromatic heterocycles. The lowest BCUT2D eigenvalue weighted by Crippen LogP contribution is -2.31. The number of hydrogen-bond acceptors (Lipinski definition) is 4. The summed E-state index contributed by atoms with van der Waals surface area (Å²) in [5, 5.41) is 12.0. The van der Waals surface area contributed by atoms with Crippen LogP contribution >= 0.6 is 11.8 Å². The Morgan fingerprint density at radius 2 is 1.93 bits per heavy atom. The van der Waals surface area contributed by atoms with E-state index in [4.69, 9.17) is 5.11 Å². The predicted molar refractivity (Wildman–Crippen MR) is 94.3 cm³/mol. The topological polar surface area (TPSA) is 79.3 Å². The summed E-state index contributed by atoms with van der Waals surface area (Å²) in [7, 11) is 0. The van der Waals surface area contributed by atoms with Crippen molar-refractivity contribution in [1.82, 2.24) is 10.3 Å². The number of aliphatic carboxylic acids is 1. The van der Waals surface area contributed by atoms with Gasteiger partial charge in [0.1, 0.15) is 0 Å². The van der Waals surface area contributed by atoms with E-state index < -0.39 is 29.7 Å². The SMILES string of the molecule is Cc1ccccc1C(CC(=O)O)NC(=O)CSc1ccc(C(F)(F)F)cn1. The molecule has 0 radical (unpaired) electrons. The van der Waals surface area contributed by atoms with E-state index in [0.717, 1.165) is 23.4 Å². The molecule has 5 nitrogen and oxygen atoms in total. The van der Waals surface area contributed by atoms with Gasteiger partial charge in [-0.05, 0) is 30.2 Å². The van der Waals surface area contributed by atoms with Crippen LogP contribution in [0.5, 0.6) is 0 Å². The Balaban J connectivity index is 1.99. The first kappa shape index (κ1) is 20.8. The molecule has 1 unspecified atom stereocenters. The molecular weight excluding hydrogens is 381 g/mol. The third kappa shape index (κ3) is 6.28. The van der Waals surface area contributed by atoms with Gasteiger partial charge in [0.05, 0.1) is 28.8 Å². The molecule has 1 aromatic carbocycles. The molecule has 9 heteroatoms. The number of carboxylic acids is 1. The molecule has 144 valence electrons. The van der Waals surface area contributed by atoms with Gasteiger partial charge >= 0.3 is 12.1 Å². The number of aryl methyl sites for hydroxylation is 1. The average Bonchev–Trinajstić information content (AvgIpc) is 2.59.